The molecule has 0 atom stereocenters. The molecule has 12 heteroatoms. The molecule has 0 unspecified atom stereocenters. The lowest BCUT2D eigenvalue weighted by molar-refractivity contribution is -0.192. The Morgan fingerprint density at radius 2 is 1.60 bits per heavy atom. The predicted octanol–water partition coefficient (Wildman–Crippen LogP) is 7.33. The largest absolute Gasteiger partial charge is 0.490 e. The molecule has 1 saturated heterocycles. The number of nitrogens with one attached hydrogen (secondary N) is 3. The number of H-pyrrole nitrogens is 1. The summed E-state index contributed by atoms with van der Waals surface area (Å²) in [6.07, 6.45) is -3.30. The third kappa shape index (κ3) is 7.89. The van der Waals surface area contributed by atoms with E-state index >= 15 is 0 Å². The van der Waals surface area contributed by atoms with Crippen LogP contribution in [0.25, 0.3) is 22.4 Å². The molecule has 1 aliphatic rings. The number of halogens is 5. The molecule has 218 valence electrons. The van der Waals surface area contributed by atoms with Gasteiger partial charge in [-0.05, 0) is 76.3 Å². The molecular formula is C28H33Cl2F3N4O3. The normalized spacial score (nSPS) is 16.9. The highest BCUT2D eigenvalue weighted by molar-refractivity contribution is 6.42. The maximum Gasteiger partial charge on any atom is 0.490 e. The zero-order valence-corrected chi connectivity index (χ0v) is 24.6. The molecule has 0 saturated carbocycles. The fraction of sp³-hybridized carbons (Fsp3) is 0.464. The number of amides is 1. The standard InChI is InChI=1S/C26H32Cl2N4O.C2HF3O2/c1-14(2)18-9-15(24(33)29-16-12-25(3,4)32-26(5,6)13-16)7-8-17(18)23-30-21-10-19(27)20(28)11-22(21)31-23;3-2(4,5)1(6)7/h7-11,14,16,32H,12-13H2,1-6H3,(H,29,33)(H,30,31);(H,6,7). The summed E-state index contributed by atoms with van der Waals surface area (Å²) < 4.78 is 31.7. The van der Waals surface area contributed by atoms with Crippen LogP contribution >= 0.6 is 23.2 Å². The second-order valence-corrected chi connectivity index (χ2v) is 12.4. The average Bonchev–Trinajstić information content (AvgIpc) is 3.19. The Bertz CT molecular complexity index is 1360. The van der Waals surface area contributed by atoms with Gasteiger partial charge < -0.3 is 20.7 Å². The minimum atomic E-state index is -5.08. The summed E-state index contributed by atoms with van der Waals surface area (Å²) in [6.45, 7) is 13.0. The van der Waals surface area contributed by atoms with Gasteiger partial charge in [-0.15, -0.1) is 0 Å². The minimum Gasteiger partial charge on any atom is -0.475 e. The number of imidazole rings is 1. The number of hydrogen-bond donors (Lipinski definition) is 4. The van der Waals surface area contributed by atoms with Gasteiger partial charge in [-0.1, -0.05) is 43.1 Å². The molecule has 4 N–H and O–H groups in total. The van der Waals surface area contributed by atoms with Gasteiger partial charge in [-0.3, -0.25) is 4.79 Å². The molecule has 1 amide bonds. The number of rotatable bonds is 4. The van der Waals surface area contributed by atoms with Crippen LogP contribution in [0.5, 0.6) is 0 Å². The smallest absolute Gasteiger partial charge is 0.475 e. The molecule has 1 fully saturated rings. The number of alkyl halides is 3. The van der Waals surface area contributed by atoms with Crippen molar-refractivity contribution >= 4 is 46.1 Å². The molecule has 0 radical (unpaired) electrons. The molecule has 0 bridgehead atoms. The molecule has 4 rings (SSSR count). The van der Waals surface area contributed by atoms with E-state index in [2.05, 4.69) is 57.2 Å². The van der Waals surface area contributed by atoms with Gasteiger partial charge in [0.05, 0.1) is 21.1 Å². The summed E-state index contributed by atoms with van der Waals surface area (Å²) in [6, 6.07) is 9.51. The van der Waals surface area contributed by atoms with Crippen LogP contribution in [0.1, 0.15) is 76.2 Å². The van der Waals surface area contributed by atoms with Crippen LogP contribution in [0.3, 0.4) is 0 Å². The highest BCUT2D eigenvalue weighted by Crippen LogP contribution is 2.33. The monoisotopic (exact) mass is 600 g/mol. The Morgan fingerprint density at radius 1 is 1.05 bits per heavy atom. The number of aliphatic carboxylic acids is 1. The van der Waals surface area contributed by atoms with Crippen molar-refractivity contribution in [3.8, 4) is 11.4 Å². The average molecular weight is 601 g/mol. The zero-order chi connectivity index (χ0) is 30.2. The van der Waals surface area contributed by atoms with E-state index in [0.29, 0.717) is 15.6 Å². The van der Waals surface area contributed by atoms with Crippen molar-refractivity contribution < 1.29 is 27.9 Å². The number of fused-ring (bicyclic) bond motifs is 1. The van der Waals surface area contributed by atoms with Crippen LogP contribution in [0.2, 0.25) is 10.0 Å². The van der Waals surface area contributed by atoms with Crippen molar-refractivity contribution in [2.75, 3.05) is 0 Å². The highest BCUT2D eigenvalue weighted by Gasteiger charge is 2.39. The number of carboxylic acid groups (broad SMARTS) is 1. The van der Waals surface area contributed by atoms with Gasteiger partial charge in [0.15, 0.2) is 0 Å². The zero-order valence-electron chi connectivity index (χ0n) is 23.1. The van der Waals surface area contributed by atoms with Gasteiger partial charge >= 0.3 is 12.1 Å². The Morgan fingerprint density at radius 3 is 2.12 bits per heavy atom. The van der Waals surface area contributed by atoms with E-state index in [4.69, 9.17) is 38.1 Å². The van der Waals surface area contributed by atoms with E-state index in [-0.39, 0.29) is 28.9 Å². The Labute approximate surface area is 240 Å². The van der Waals surface area contributed by atoms with Crippen molar-refractivity contribution in [2.24, 2.45) is 0 Å². The van der Waals surface area contributed by atoms with Gasteiger partial charge in [0.2, 0.25) is 0 Å². The van der Waals surface area contributed by atoms with Crippen molar-refractivity contribution in [3.05, 3.63) is 51.5 Å². The molecule has 2 heterocycles. The molecule has 0 spiro atoms. The maximum absolute atomic E-state index is 13.2. The summed E-state index contributed by atoms with van der Waals surface area (Å²) in [5, 5.41) is 15.0. The first kappa shape index (κ1) is 31.7. The number of carbonyl (C=O) groups is 2. The highest BCUT2D eigenvalue weighted by atomic mass is 35.5. The molecule has 1 aromatic heterocycles. The van der Waals surface area contributed by atoms with E-state index in [1.54, 1.807) is 12.1 Å². The third-order valence-electron chi connectivity index (χ3n) is 6.48. The predicted molar refractivity (Wildman–Crippen MR) is 151 cm³/mol. The number of carboxylic acids is 1. The summed E-state index contributed by atoms with van der Waals surface area (Å²) in [4.78, 5) is 30.2. The van der Waals surface area contributed by atoms with Crippen molar-refractivity contribution in [1.82, 2.24) is 20.6 Å². The number of benzene rings is 2. The first-order valence-electron chi connectivity index (χ1n) is 12.7. The minimum absolute atomic E-state index is 0.0280. The summed E-state index contributed by atoms with van der Waals surface area (Å²) in [5.41, 5.74) is 4.22. The third-order valence-corrected chi connectivity index (χ3v) is 7.20. The molecule has 3 aromatic rings. The fourth-order valence-electron chi connectivity index (χ4n) is 5.22. The summed E-state index contributed by atoms with van der Waals surface area (Å²) in [7, 11) is 0. The van der Waals surface area contributed by atoms with Crippen LogP contribution in [0.4, 0.5) is 13.2 Å². The van der Waals surface area contributed by atoms with Crippen molar-refractivity contribution in [3.63, 3.8) is 0 Å². The number of aromatic amines is 1. The maximum atomic E-state index is 13.2. The summed E-state index contributed by atoms with van der Waals surface area (Å²) in [5.74, 6) is -1.84. The SMILES string of the molecule is CC(C)c1cc(C(=O)NC2CC(C)(C)NC(C)(C)C2)ccc1-c1nc2cc(Cl)c(Cl)cc2[nH]1.O=C(O)C(F)(F)F. The Hall–Kier alpha value is -2.82. The fourth-order valence-corrected chi connectivity index (χ4v) is 5.54. The van der Waals surface area contributed by atoms with E-state index in [0.717, 1.165) is 40.8 Å². The lowest BCUT2D eigenvalue weighted by Crippen LogP contribution is -2.62. The van der Waals surface area contributed by atoms with Crippen LogP contribution in [-0.4, -0.2) is 50.2 Å². The van der Waals surface area contributed by atoms with Crippen molar-refractivity contribution in [1.29, 1.82) is 0 Å². The van der Waals surface area contributed by atoms with Crippen molar-refractivity contribution in [2.45, 2.75) is 83.6 Å². The van der Waals surface area contributed by atoms with E-state index < -0.39 is 12.1 Å². The van der Waals surface area contributed by atoms with Crippen LogP contribution < -0.4 is 10.6 Å². The molecule has 40 heavy (non-hydrogen) atoms. The second-order valence-electron chi connectivity index (χ2n) is 11.6. The first-order chi connectivity index (χ1) is 18.3. The van der Waals surface area contributed by atoms with Gasteiger partial charge in [0, 0.05) is 28.2 Å². The topological polar surface area (TPSA) is 107 Å². The Kier molecular flexibility index (Phi) is 9.18. The second kappa shape index (κ2) is 11.6. The molecule has 2 aromatic carbocycles. The lowest BCUT2D eigenvalue weighted by Gasteiger charge is -2.46. The van der Waals surface area contributed by atoms with Crippen LogP contribution in [-0.2, 0) is 4.79 Å². The van der Waals surface area contributed by atoms with Crippen LogP contribution in [0, 0.1) is 0 Å². The number of piperidine rings is 1. The van der Waals surface area contributed by atoms with Gasteiger partial charge in [-0.25, -0.2) is 9.78 Å². The number of aromatic nitrogens is 2. The first-order valence-corrected chi connectivity index (χ1v) is 13.4. The van der Waals surface area contributed by atoms with Gasteiger partial charge in [0.25, 0.3) is 5.91 Å². The van der Waals surface area contributed by atoms with E-state index in [1.807, 2.05) is 18.2 Å². The van der Waals surface area contributed by atoms with Gasteiger partial charge in [0.1, 0.15) is 5.82 Å². The van der Waals surface area contributed by atoms with E-state index in [1.165, 1.54) is 0 Å². The number of nitrogens with zero attached hydrogens (tertiary/aromatic N) is 1. The quantitative estimate of drug-likeness (QED) is 0.251. The van der Waals surface area contributed by atoms with E-state index in [9.17, 15) is 18.0 Å². The Balaban J connectivity index is 0.000000559. The molecule has 1 aliphatic heterocycles. The lowest BCUT2D eigenvalue weighted by atomic mass is 9.79. The molecular weight excluding hydrogens is 568 g/mol. The number of carbonyl (C=O) groups excluding carboxylic acids is 1. The molecule has 7 nitrogen and oxygen atoms in total. The van der Waals surface area contributed by atoms with Gasteiger partial charge in [-0.2, -0.15) is 13.2 Å². The van der Waals surface area contributed by atoms with Crippen LogP contribution in [0.15, 0.2) is 30.3 Å². The molecule has 0 aliphatic carbocycles. The number of hydrogen-bond acceptors (Lipinski definition) is 4. The summed E-state index contributed by atoms with van der Waals surface area (Å²) >= 11 is 12.3.